The number of aryl methyl sites for hydroxylation is 2. The summed E-state index contributed by atoms with van der Waals surface area (Å²) in [5, 5.41) is 28.8. The minimum atomic E-state index is -2.94. The van der Waals surface area contributed by atoms with E-state index < -0.39 is 6.55 Å². The second-order valence-corrected chi connectivity index (χ2v) is 8.70. The normalized spacial score (nSPS) is 23.1. The van der Waals surface area contributed by atoms with E-state index in [0.717, 1.165) is 16.7 Å². The molecule has 3 fully saturated rings. The molecular formula is C22H18F2N8O. The molecule has 0 saturated heterocycles. The van der Waals surface area contributed by atoms with Gasteiger partial charge in [-0.05, 0) is 68.0 Å². The molecular weight excluding hydrogens is 430 g/mol. The molecule has 3 aromatic rings. The third-order valence-corrected chi connectivity index (χ3v) is 6.08. The zero-order valence-electron chi connectivity index (χ0n) is 17.8. The van der Waals surface area contributed by atoms with Crippen LogP contribution in [0.2, 0.25) is 0 Å². The van der Waals surface area contributed by atoms with Crippen molar-refractivity contribution in [3.63, 3.8) is 0 Å². The van der Waals surface area contributed by atoms with Crippen LogP contribution in [0.4, 0.5) is 14.7 Å². The van der Waals surface area contributed by atoms with Gasteiger partial charge in [0.25, 0.3) is 5.88 Å². The van der Waals surface area contributed by atoms with Crippen LogP contribution in [0.3, 0.4) is 0 Å². The number of hydrogen-bond donors (Lipinski definition) is 1. The summed E-state index contributed by atoms with van der Waals surface area (Å²) in [5.74, 6) is 0.687. The van der Waals surface area contributed by atoms with Gasteiger partial charge in [-0.2, -0.15) is 29.3 Å². The maximum Gasteiger partial charge on any atom is 0.348 e. The van der Waals surface area contributed by atoms with Crippen molar-refractivity contribution in [1.29, 1.82) is 10.5 Å². The summed E-state index contributed by atoms with van der Waals surface area (Å²) in [6.45, 7) is 0.733. The van der Waals surface area contributed by atoms with Gasteiger partial charge < -0.3 is 10.1 Å². The Hall–Kier alpha value is -4.12. The Morgan fingerprint density at radius 1 is 1.15 bits per heavy atom. The van der Waals surface area contributed by atoms with Crippen LogP contribution in [-0.4, -0.2) is 30.5 Å². The van der Waals surface area contributed by atoms with Crippen LogP contribution in [0.1, 0.15) is 42.5 Å². The van der Waals surface area contributed by atoms with E-state index in [1.807, 2.05) is 32.0 Å². The van der Waals surface area contributed by atoms with Gasteiger partial charge in [-0.25, -0.2) is 0 Å². The lowest BCUT2D eigenvalue weighted by molar-refractivity contribution is -0.0665. The zero-order chi connectivity index (χ0) is 23.4. The number of rotatable bonds is 6. The number of anilines is 1. The molecule has 166 valence electrons. The number of hydrogen-bond acceptors (Lipinski definition) is 8. The Bertz CT molecular complexity index is 1360. The lowest BCUT2D eigenvalue weighted by Crippen LogP contribution is -2.70. The van der Waals surface area contributed by atoms with E-state index >= 15 is 0 Å². The fourth-order valence-corrected chi connectivity index (χ4v) is 4.76. The van der Waals surface area contributed by atoms with E-state index in [9.17, 15) is 14.0 Å². The van der Waals surface area contributed by atoms with Gasteiger partial charge >= 0.3 is 6.55 Å². The predicted molar refractivity (Wildman–Crippen MR) is 113 cm³/mol. The van der Waals surface area contributed by atoms with Crippen molar-refractivity contribution in [2.45, 2.75) is 45.2 Å². The van der Waals surface area contributed by atoms with Gasteiger partial charge in [-0.15, -0.1) is 15.0 Å². The highest BCUT2D eigenvalue weighted by Crippen LogP contribution is 2.67. The van der Waals surface area contributed by atoms with E-state index in [4.69, 9.17) is 10.00 Å². The average molecular weight is 448 g/mol. The van der Waals surface area contributed by atoms with Crippen LogP contribution in [-0.2, 0) is 0 Å². The highest BCUT2D eigenvalue weighted by molar-refractivity contribution is 5.77. The maximum absolute atomic E-state index is 13.2. The quantitative estimate of drug-likeness (QED) is 0.549. The summed E-state index contributed by atoms with van der Waals surface area (Å²) in [4.78, 5) is 8.95. The van der Waals surface area contributed by atoms with E-state index in [-0.39, 0.29) is 38.7 Å². The molecule has 0 amide bonds. The monoisotopic (exact) mass is 448 g/mol. The molecule has 3 aliphatic rings. The summed E-state index contributed by atoms with van der Waals surface area (Å²) in [5.41, 5.74) is 1.82. The number of benzene rings is 1. The van der Waals surface area contributed by atoms with Gasteiger partial charge in [0.2, 0.25) is 11.6 Å². The Morgan fingerprint density at radius 2 is 1.85 bits per heavy atom. The smallest absolute Gasteiger partial charge is 0.348 e. The molecule has 9 nitrogen and oxygen atoms in total. The largest absolute Gasteiger partial charge is 0.436 e. The molecule has 0 aliphatic heterocycles. The number of fused-ring (bicyclic) bond motifs is 1. The van der Waals surface area contributed by atoms with Crippen molar-refractivity contribution in [2.75, 3.05) is 5.32 Å². The van der Waals surface area contributed by atoms with Gasteiger partial charge in [0, 0.05) is 11.6 Å². The summed E-state index contributed by atoms with van der Waals surface area (Å²) < 4.78 is 32.5. The van der Waals surface area contributed by atoms with Crippen LogP contribution in [0.25, 0.3) is 17.2 Å². The van der Waals surface area contributed by atoms with Gasteiger partial charge in [-0.1, -0.05) is 0 Å². The first-order chi connectivity index (χ1) is 15.8. The standard InChI is InChI=1S/C22H18F2N8O/c1-12-6-14(4-3-5-25)7-13(2)16(12)33-18-15-17(31-32(30-15)19(23)24)27-20(28-18)29-22-8-21(9-22,10-22)11-26/h3-4,6-7,19H,8-10H2,1-2H3,(H,27,29,31)/b4-3+. The topological polar surface area (TPSA) is 125 Å². The first-order valence-electron chi connectivity index (χ1n) is 10.2. The van der Waals surface area contributed by atoms with Crippen molar-refractivity contribution in [3.05, 3.63) is 34.9 Å². The molecule has 0 atom stereocenters. The number of nitriles is 2. The third kappa shape index (κ3) is 3.42. The molecule has 33 heavy (non-hydrogen) atoms. The van der Waals surface area contributed by atoms with Gasteiger partial charge in [0.15, 0.2) is 5.52 Å². The molecule has 0 radical (unpaired) electrons. The fraction of sp³-hybridized carbons (Fsp3) is 0.364. The Balaban J connectivity index is 1.52. The molecule has 2 bridgehead atoms. The summed E-state index contributed by atoms with van der Waals surface area (Å²) in [7, 11) is 0. The number of nitrogens with one attached hydrogen (secondary N) is 1. The summed E-state index contributed by atoms with van der Waals surface area (Å²) in [6, 6.07) is 7.97. The van der Waals surface area contributed by atoms with E-state index in [1.165, 1.54) is 6.08 Å². The molecule has 2 aromatic heterocycles. The molecule has 0 unspecified atom stereocenters. The Labute approximate surface area is 187 Å². The molecule has 3 aliphatic carbocycles. The first kappa shape index (κ1) is 20.8. The maximum atomic E-state index is 13.2. The van der Waals surface area contributed by atoms with Crippen LogP contribution in [0.15, 0.2) is 18.2 Å². The number of alkyl halides is 2. The molecule has 3 saturated carbocycles. The second-order valence-electron chi connectivity index (χ2n) is 8.70. The van der Waals surface area contributed by atoms with Crippen molar-refractivity contribution in [1.82, 2.24) is 25.0 Å². The van der Waals surface area contributed by atoms with Crippen molar-refractivity contribution >= 4 is 23.2 Å². The van der Waals surface area contributed by atoms with E-state index in [2.05, 4.69) is 31.6 Å². The lowest BCUT2D eigenvalue weighted by atomic mass is 9.40. The summed E-state index contributed by atoms with van der Waals surface area (Å²) >= 11 is 0. The molecule has 0 spiro atoms. The molecule has 1 aromatic carbocycles. The fourth-order valence-electron chi connectivity index (χ4n) is 4.76. The van der Waals surface area contributed by atoms with Gasteiger partial charge in [-0.3, -0.25) is 0 Å². The SMILES string of the molecule is Cc1cc(/C=C/C#N)cc(C)c1Oc1nc(NC23CC(C#N)(C2)C3)nc2nn(C(F)F)nc12. The number of halogens is 2. The average Bonchev–Trinajstić information content (AvgIpc) is 3.15. The molecule has 2 heterocycles. The van der Waals surface area contributed by atoms with Crippen LogP contribution >= 0.6 is 0 Å². The minimum absolute atomic E-state index is 0.00232. The van der Waals surface area contributed by atoms with Crippen molar-refractivity contribution < 1.29 is 13.5 Å². The number of nitrogens with zero attached hydrogens (tertiary/aromatic N) is 7. The Kier molecular flexibility index (Phi) is 4.53. The van der Waals surface area contributed by atoms with Crippen molar-refractivity contribution in [2.24, 2.45) is 5.41 Å². The number of aromatic nitrogens is 5. The highest BCUT2D eigenvalue weighted by Gasteiger charge is 2.69. The van der Waals surface area contributed by atoms with E-state index in [0.29, 0.717) is 25.0 Å². The Morgan fingerprint density at radius 3 is 2.45 bits per heavy atom. The summed E-state index contributed by atoms with van der Waals surface area (Å²) in [6.07, 6.45) is 5.13. The first-order valence-corrected chi connectivity index (χ1v) is 10.2. The highest BCUT2D eigenvalue weighted by atomic mass is 19.3. The van der Waals surface area contributed by atoms with Crippen LogP contribution in [0, 0.1) is 41.9 Å². The minimum Gasteiger partial charge on any atom is -0.436 e. The van der Waals surface area contributed by atoms with Gasteiger partial charge in [0.1, 0.15) is 5.75 Å². The lowest BCUT2D eigenvalue weighted by Gasteiger charge is -2.66. The number of ether oxygens (including phenoxy) is 1. The molecule has 1 N–H and O–H groups in total. The van der Waals surface area contributed by atoms with E-state index in [1.54, 1.807) is 6.08 Å². The second kappa shape index (κ2) is 7.20. The number of allylic oxidation sites excluding steroid dienone is 1. The van der Waals surface area contributed by atoms with Crippen LogP contribution < -0.4 is 10.1 Å². The molecule has 6 rings (SSSR count). The predicted octanol–water partition coefficient (Wildman–Crippen LogP) is 4.42. The van der Waals surface area contributed by atoms with Gasteiger partial charge in [0.05, 0.1) is 17.6 Å². The van der Waals surface area contributed by atoms with Crippen LogP contribution in [0.5, 0.6) is 11.6 Å². The molecule has 11 heteroatoms. The third-order valence-electron chi connectivity index (χ3n) is 6.08. The van der Waals surface area contributed by atoms with Crippen molar-refractivity contribution in [3.8, 4) is 23.8 Å². The zero-order valence-corrected chi connectivity index (χ0v) is 17.8.